The van der Waals surface area contributed by atoms with Crippen molar-refractivity contribution in [3.05, 3.63) is 29.3 Å². The number of hydrogen-bond acceptors (Lipinski definition) is 5. The number of hydrogen-bond donors (Lipinski definition) is 3. The minimum Gasteiger partial charge on any atom is -0.465 e. The van der Waals surface area contributed by atoms with Crippen LogP contribution in [0, 0.1) is 6.92 Å². The van der Waals surface area contributed by atoms with E-state index >= 15 is 0 Å². The number of carbonyl (C=O) groups excluding carboxylic acids is 3. The minimum absolute atomic E-state index is 0.138. The predicted molar refractivity (Wildman–Crippen MR) is 99.2 cm³/mol. The van der Waals surface area contributed by atoms with Gasteiger partial charge in [0.2, 0.25) is 5.91 Å². The summed E-state index contributed by atoms with van der Waals surface area (Å²) in [5, 5.41) is 8.26. The van der Waals surface area contributed by atoms with Crippen molar-refractivity contribution in [1.29, 1.82) is 0 Å². The monoisotopic (exact) mass is 361 g/mol. The molecule has 0 spiro atoms. The molecule has 1 aliphatic carbocycles. The molecular formula is C19H27N3O4. The zero-order valence-electron chi connectivity index (χ0n) is 15.6. The number of nitrogens with one attached hydrogen (secondary N) is 3. The smallest absolute Gasteiger partial charge is 0.337 e. The summed E-state index contributed by atoms with van der Waals surface area (Å²) >= 11 is 0. The molecule has 0 radical (unpaired) electrons. The number of anilines is 1. The summed E-state index contributed by atoms with van der Waals surface area (Å²) in [6, 6.07) is 4.10. The van der Waals surface area contributed by atoms with E-state index in [0.29, 0.717) is 11.3 Å². The Labute approximate surface area is 153 Å². The molecule has 3 N–H and O–H groups in total. The van der Waals surface area contributed by atoms with Crippen LogP contribution >= 0.6 is 0 Å². The zero-order chi connectivity index (χ0) is 19.1. The molecule has 1 aromatic rings. The van der Waals surface area contributed by atoms with Gasteiger partial charge in [-0.25, -0.2) is 9.59 Å². The molecule has 1 saturated carbocycles. The second kappa shape index (κ2) is 9.22. The van der Waals surface area contributed by atoms with Gasteiger partial charge >= 0.3 is 12.0 Å². The molecule has 0 heterocycles. The van der Waals surface area contributed by atoms with Crippen LogP contribution < -0.4 is 16.0 Å². The molecule has 26 heavy (non-hydrogen) atoms. The molecule has 0 saturated heterocycles. The Kier molecular flexibility index (Phi) is 7.00. The molecule has 7 heteroatoms. The number of carbonyl (C=O) groups is 3. The summed E-state index contributed by atoms with van der Waals surface area (Å²) in [6.07, 6.45) is 5.31. The molecular weight excluding hydrogens is 334 g/mol. The third-order valence-corrected chi connectivity index (χ3v) is 4.60. The molecule has 1 aliphatic rings. The lowest BCUT2D eigenvalue weighted by atomic mass is 9.96. The standard InChI is InChI=1S/C19H27N3O4/c1-12-9-10-14(18(24)26-3)11-16(12)20-13(2)17(23)22-19(25)21-15-7-5-4-6-8-15/h9-11,13,15,20H,4-8H2,1-3H3,(H2,21,22,23,25)/t13-/m0/s1. The largest absolute Gasteiger partial charge is 0.465 e. The third kappa shape index (κ3) is 5.47. The zero-order valence-corrected chi connectivity index (χ0v) is 15.6. The van der Waals surface area contributed by atoms with E-state index in [1.54, 1.807) is 25.1 Å². The van der Waals surface area contributed by atoms with Crippen LogP contribution in [0.4, 0.5) is 10.5 Å². The maximum Gasteiger partial charge on any atom is 0.337 e. The van der Waals surface area contributed by atoms with Gasteiger partial charge in [-0.05, 0) is 44.4 Å². The van der Waals surface area contributed by atoms with Gasteiger partial charge in [-0.2, -0.15) is 0 Å². The molecule has 1 fully saturated rings. The number of esters is 1. The van der Waals surface area contributed by atoms with Gasteiger partial charge < -0.3 is 15.4 Å². The molecule has 0 unspecified atom stereocenters. The van der Waals surface area contributed by atoms with E-state index in [-0.39, 0.29) is 6.04 Å². The van der Waals surface area contributed by atoms with Crippen LogP contribution in [0.5, 0.6) is 0 Å². The summed E-state index contributed by atoms with van der Waals surface area (Å²) in [4.78, 5) is 35.9. The number of ether oxygens (including phenoxy) is 1. The summed E-state index contributed by atoms with van der Waals surface area (Å²) in [7, 11) is 1.32. The van der Waals surface area contributed by atoms with E-state index in [2.05, 4.69) is 16.0 Å². The van der Waals surface area contributed by atoms with Crippen molar-refractivity contribution >= 4 is 23.6 Å². The SMILES string of the molecule is COC(=O)c1ccc(C)c(N[C@@H](C)C(=O)NC(=O)NC2CCCCC2)c1. The summed E-state index contributed by atoms with van der Waals surface area (Å²) in [6.45, 7) is 3.53. The lowest BCUT2D eigenvalue weighted by Gasteiger charge is -2.23. The van der Waals surface area contributed by atoms with Crippen LogP contribution in [0.15, 0.2) is 18.2 Å². The maximum absolute atomic E-state index is 12.3. The minimum atomic E-state index is -0.640. The number of aryl methyl sites for hydroxylation is 1. The Hall–Kier alpha value is -2.57. The number of amides is 3. The predicted octanol–water partition coefficient (Wildman–Crippen LogP) is 2.74. The van der Waals surface area contributed by atoms with Crippen LogP contribution in [0.3, 0.4) is 0 Å². The molecule has 0 aliphatic heterocycles. The molecule has 1 aromatic carbocycles. The van der Waals surface area contributed by atoms with E-state index < -0.39 is 23.9 Å². The fourth-order valence-electron chi connectivity index (χ4n) is 3.01. The van der Waals surface area contributed by atoms with Crippen LogP contribution in [-0.2, 0) is 9.53 Å². The van der Waals surface area contributed by atoms with Gasteiger partial charge in [0, 0.05) is 11.7 Å². The fourth-order valence-corrected chi connectivity index (χ4v) is 3.01. The Morgan fingerprint density at radius 2 is 1.85 bits per heavy atom. The van der Waals surface area contributed by atoms with Crippen molar-refractivity contribution in [3.8, 4) is 0 Å². The molecule has 3 amide bonds. The van der Waals surface area contributed by atoms with Crippen molar-refractivity contribution in [2.75, 3.05) is 12.4 Å². The quantitative estimate of drug-likeness (QED) is 0.701. The van der Waals surface area contributed by atoms with Crippen LogP contribution in [-0.4, -0.2) is 37.1 Å². The first-order chi connectivity index (χ1) is 12.4. The van der Waals surface area contributed by atoms with Crippen LogP contribution in [0.25, 0.3) is 0 Å². The number of benzene rings is 1. The molecule has 2 rings (SSSR count). The van der Waals surface area contributed by atoms with Crippen LogP contribution in [0.1, 0.15) is 54.9 Å². The van der Waals surface area contributed by atoms with Gasteiger partial charge in [0.25, 0.3) is 0 Å². The fraction of sp³-hybridized carbons (Fsp3) is 0.526. The highest BCUT2D eigenvalue weighted by atomic mass is 16.5. The third-order valence-electron chi connectivity index (χ3n) is 4.60. The summed E-state index contributed by atoms with van der Waals surface area (Å²) in [5.41, 5.74) is 1.91. The number of urea groups is 1. The maximum atomic E-state index is 12.3. The second-order valence-corrected chi connectivity index (χ2v) is 6.68. The highest BCUT2D eigenvalue weighted by Crippen LogP contribution is 2.19. The molecule has 0 bridgehead atoms. The van der Waals surface area contributed by atoms with Crippen molar-refractivity contribution in [2.45, 2.75) is 58.0 Å². The number of imide groups is 1. The molecule has 1 atom stereocenters. The van der Waals surface area contributed by atoms with Crippen molar-refractivity contribution in [2.24, 2.45) is 0 Å². The average Bonchev–Trinajstić information content (AvgIpc) is 2.63. The lowest BCUT2D eigenvalue weighted by Crippen LogP contribution is -2.49. The topological polar surface area (TPSA) is 96.5 Å². The molecule has 0 aromatic heterocycles. The van der Waals surface area contributed by atoms with Gasteiger partial charge in [-0.1, -0.05) is 25.3 Å². The number of methoxy groups -OCH3 is 1. The van der Waals surface area contributed by atoms with Gasteiger partial charge in [0.05, 0.1) is 12.7 Å². The van der Waals surface area contributed by atoms with E-state index in [1.807, 2.05) is 6.92 Å². The Morgan fingerprint density at radius 1 is 1.15 bits per heavy atom. The first kappa shape index (κ1) is 19.8. The second-order valence-electron chi connectivity index (χ2n) is 6.68. The van der Waals surface area contributed by atoms with Crippen LogP contribution in [0.2, 0.25) is 0 Å². The van der Waals surface area contributed by atoms with E-state index in [0.717, 1.165) is 31.2 Å². The van der Waals surface area contributed by atoms with Crippen molar-refractivity contribution in [1.82, 2.24) is 10.6 Å². The highest BCUT2D eigenvalue weighted by molar-refractivity contribution is 5.98. The van der Waals surface area contributed by atoms with Crippen molar-refractivity contribution < 1.29 is 19.1 Å². The first-order valence-corrected chi connectivity index (χ1v) is 8.97. The molecule has 142 valence electrons. The normalized spacial score (nSPS) is 15.7. The van der Waals surface area contributed by atoms with E-state index in [4.69, 9.17) is 4.74 Å². The Morgan fingerprint density at radius 3 is 2.50 bits per heavy atom. The van der Waals surface area contributed by atoms with Gasteiger partial charge in [-0.3, -0.25) is 10.1 Å². The Bertz CT molecular complexity index is 669. The van der Waals surface area contributed by atoms with Gasteiger partial charge in [0.1, 0.15) is 6.04 Å². The summed E-state index contributed by atoms with van der Waals surface area (Å²) in [5.74, 6) is -0.877. The summed E-state index contributed by atoms with van der Waals surface area (Å²) < 4.78 is 4.71. The Balaban J connectivity index is 1.91. The highest BCUT2D eigenvalue weighted by Gasteiger charge is 2.20. The van der Waals surface area contributed by atoms with Crippen molar-refractivity contribution in [3.63, 3.8) is 0 Å². The average molecular weight is 361 g/mol. The van der Waals surface area contributed by atoms with Gasteiger partial charge in [-0.15, -0.1) is 0 Å². The number of rotatable bonds is 5. The van der Waals surface area contributed by atoms with Gasteiger partial charge in [0.15, 0.2) is 0 Å². The van der Waals surface area contributed by atoms with E-state index in [9.17, 15) is 14.4 Å². The lowest BCUT2D eigenvalue weighted by molar-refractivity contribution is -0.120. The van der Waals surface area contributed by atoms with E-state index in [1.165, 1.54) is 13.5 Å². The molecule has 7 nitrogen and oxygen atoms in total. The first-order valence-electron chi connectivity index (χ1n) is 8.97.